The average molecular weight is 422 g/mol. The number of ether oxygens (including phenoxy) is 1. The number of amides is 1. The Bertz CT molecular complexity index is 1060. The third-order valence-corrected chi connectivity index (χ3v) is 5.60. The fraction of sp³-hybridized carbons (Fsp3) is 0.435. The van der Waals surface area contributed by atoms with Gasteiger partial charge in [0, 0.05) is 25.2 Å². The first-order chi connectivity index (χ1) is 14.9. The van der Waals surface area contributed by atoms with Crippen LogP contribution in [0.1, 0.15) is 48.3 Å². The number of rotatable bonds is 5. The molecule has 0 bridgehead atoms. The average Bonchev–Trinajstić information content (AvgIpc) is 3.26. The van der Waals surface area contributed by atoms with Crippen LogP contribution in [0.25, 0.3) is 11.6 Å². The molecule has 1 aliphatic heterocycles. The molecule has 1 fully saturated rings. The molecule has 0 unspecified atom stereocenters. The molecule has 1 aliphatic rings. The van der Waals surface area contributed by atoms with Gasteiger partial charge in [0.1, 0.15) is 11.4 Å². The van der Waals surface area contributed by atoms with Gasteiger partial charge in [0.2, 0.25) is 0 Å². The van der Waals surface area contributed by atoms with Crippen molar-refractivity contribution in [3.8, 4) is 17.3 Å². The van der Waals surface area contributed by atoms with Crippen molar-refractivity contribution in [3.05, 3.63) is 53.2 Å². The van der Waals surface area contributed by atoms with Crippen molar-refractivity contribution in [3.63, 3.8) is 0 Å². The molecule has 3 heterocycles. The maximum Gasteiger partial charge on any atom is 0.278 e. The van der Waals surface area contributed by atoms with Crippen LogP contribution in [0.4, 0.5) is 0 Å². The van der Waals surface area contributed by atoms with Crippen LogP contribution in [-0.2, 0) is 4.79 Å². The molecule has 1 amide bonds. The van der Waals surface area contributed by atoms with Crippen molar-refractivity contribution in [1.29, 1.82) is 0 Å². The number of aromatic nitrogens is 4. The van der Waals surface area contributed by atoms with Gasteiger partial charge in [-0.15, -0.1) is 0 Å². The van der Waals surface area contributed by atoms with E-state index in [9.17, 15) is 4.79 Å². The summed E-state index contributed by atoms with van der Waals surface area (Å²) in [4.78, 5) is 27.7. The monoisotopic (exact) mass is 421 g/mol. The maximum absolute atomic E-state index is 12.9. The Morgan fingerprint density at radius 1 is 1.16 bits per heavy atom. The highest BCUT2D eigenvalue weighted by molar-refractivity contribution is 5.81. The van der Waals surface area contributed by atoms with E-state index in [2.05, 4.69) is 26.2 Å². The quantitative estimate of drug-likeness (QED) is 0.621. The van der Waals surface area contributed by atoms with E-state index >= 15 is 0 Å². The molecule has 3 aromatic rings. The van der Waals surface area contributed by atoms with Crippen molar-refractivity contribution in [2.75, 3.05) is 13.1 Å². The largest absolute Gasteiger partial charge is 0.481 e. The topological polar surface area (TPSA) is 94.2 Å². The van der Waals surface area contributed by atoms with E-state index < -0.39 is 6.10 Å². The van der Waals surface area contributed by atoms with Gasteiger partial charge in [0.25, 0.3) is 11.8 Å². The SMILES string of the molecule is Cc1ccc(O[C@H](C)C(=O)N2CCC(c3noc(-c4cnc(C)cn4)n3)CC2)c(C)c1. The van der Waals surface area contributed by atoms with Crippen molar-refractivity contribution < 1.29 is 14.1 Å². The second-order valence-electron chi connectivity index (χ2n) is 8.13. The maximum atomic E-state index is 12.9. The van der Waals surface area contributed by atoms with Crippen molar-refractivity contribution in [2.45, 2.75) is 52.6 Å². The van der Waals surface area contributed by atoms with Crippen LogP contribution in [-0.4, -0.2) is 50.1 Å². The zero-order chi connectivity index (χ0) is 22.0. The highest BCUT2D eigenvalue weighted by atomic mass is 16.5. The number of carbonyl (C=O) groups is 1. The third-order valence-electron chi connectivity index (χ3n) is 5.60. The van der Waals surface area contributed by atoms with Gasteiger partial charge in [-0.3, -0.25) is 9.78 Å². The highest BCUT2D eigenvalue weighted by Crippen LogP contribution is 2.28. The lowest BCUT2D eigenvalue weighted by Gasteiger charge is -2.32. The fourth-order valence-electron chi connectivity index (χ4n) is 3.80. The minimum Gasteiger partial charge on any atom is -0.481 e. The zero-order valence-electron chi connectivity index (χ0n) is 18.3. The Balaban J connectivity index is 1.34. The Morgan fingerprint density at radius 3 is 2.61 bits per heavy atom. The number of carbonyl (C=O) groups excluding carboxylic acids is 1. The normalized spacial score (nSPS) is 15.7. The first-order valence-electron chi connectivity index (χ1n) is 10.6. The van der Waals surface area contributed by atoms with Gasteiger partial charge in [-0.1, -0.05) is 22.9 Å². The van der Waals surface area contributed by atoms with Crippen LogP contribution >= 0.6 is 0 Å². The third kappa shape index (κ3) is 4.73. The fourth-order valence-corrected chi connectivity index (χ4v) is 3.80. The first-order valence-corrected chi connectivity index (χ1v) is 10.6. The Kier molecular flexibility index (Phi) is 5.97. The van der Waals surface area contributed by atoms with Crippen LogP contribution in [0.15, 0.2) is 35.1 Å². The summed E-state index contributed by atoms with van der Waals surface area (Å²) in [5.41, 5.74) is 3.60. The first kappa shape index (κ1) is 21.0. The molecule has 0 aliphatic carbocycles. The molecule has 31 heavy (non-hydrogen) atoms. The van der Waals surface area contributed by atoms with Crippen molar-refractivity contribution in [1.82, 2.24) is 25.0 Å². The molecule has 1 aromatic carbocycles. The number of benzene rings is 1. The lowest BCUT2D eigenvalue weighted by molar-refractivity contribution is -0.139. The summed E-state index contributed by atoms with van der Waals surface area (Å²) < 4.78 is 11.3. The van der Waals surface area contributed by atoms with E-state index in [4.69, 9.17) is 9.26 Å². The Labute approximate surface area is 181 Å². The number of nitrogens with zero attached hydrogens (tertiary/aromatic N) is 5. The molecule has 1 atom stereocenters. The van der Waals surface area contributed by atoms with E-state index in [1.807, 2.05) is 44.7 Å². The number of aryl methyl sites for hydroxylation is 3. The molecule has 0 spiro atoms. The molecule has 0 saturated carbocycles. The summed E-state index contributed by atoms with van der Waals surface area (Å²) in [5.74, 6) is 1.93. The van der Waals surface area contributed by atoms with Gasteiger partial charge in [-0.05, 0) is 52.2 Å². The molecular formula is C23H27N5O3. The van der Waals surface area contributed by atoms with Gasteiger partial charge in [0.05, 0.1) is 11.9 Å². The predicted molar refractivity (Wildman–Crippen MR) is 115 cm³/mol. The predicted octanol–water partition coefficient (Wildman–Crippen LogP) is 3.63. The van der Waals surface area contributed by atoms with Gasteiger partial charge in [-0.25, -0.2) is 4.98 Å². The summed E-state index contributed by atoms with van der Waals surface area (Å²) in [6, 6.07) is 5.97. The molecule has 162 valence electrons. The zero-order valence-corrected chi connectivity index (χ0v) is 18.3. The summed E-state index contributed by atoms with van der Waals surface area (Å²) in [5, 5.41) is 4.13. The van der Waals surface area contributed by atoms with Crippen LogP contribution in [0.5, 0.6) is 5.75 Å². The van der Waals surface area contributed by atoms with Crippen LogP contribution < -0.4 is 4.74 Å². The Hall–Kier alpha value is -3.29. The van der Waals surface area contributed by atoms with Gasteiger partial charge in [0.15, 0.2) is 11.9 Å². The minimum atomic E-state index is -0.533. The molecule has 2 aromatic heterocycles. The minimum absolute atomic E-state index is 0.00200. The lowest BCUT2D eigenvalue weighted by atomic mass is 9.96. The van der Waals surface area contributed by atoms with Crippen LogP contribution in [0.2, 0.25) is 0 Å². The standard InChI is InChI=1S/C23H27N5O3/c1-14-5-6-20(15(2)11-14)30-17(4)23(29)28-9-7-18(8-10-28)21-26-22(31-27-21)19-13-24-16(3)12-25-19/h5-6,11-13,17-18H,7-10H2,1-4H3/t17-/m1/s1. The second-order valence-corrected chi connectivity index (χ2v) is 8.13. The molecule has 0 N–H and O–H groups in total. The number of likely N-dealkylation sites (tertiary alicyclic amines) is 1. The molecular weight excluding hydrogens is 394 g/mol. The van der Waals surface area contributed by atoms with E-state index in [1.165, 1.54) is 5.56 Å². The van der Waals surface area contributed by atoms with Crippen LogP contribution in [0, 0.1) is 20.8 Å². The molecule has 0 radical (unpaired) electrons. The van der Waals surface area contributed by atoms with Gasteiger partial charge in [-0.2, -0.15) is 4.98 Å². The summed E-state index contributed by atoms with van der Waals surface area (Å²) in [7, 11) is 0. The van der Waals surface area contributed by atoms with Crippen LogP contribution in [0.3, 0.4) is 0 Å². The second kappa shape index (κ2) is 8.83. The molecule has 8 heteroatoms. The number of hydrogen-bond donors (Lipinski definition) is 0. The van der Waals surface area contributed by atoms with E-state index in [0.29, 0.717) is 30.5 Å². The smallest absolute Gasteiger partial charge is 0.278 e. The summed E-state index contributed by atoms with van der Waals surface area (Å²) >= 11 is 0. The Morgan fingerprint density at radius 2 is 1.94 bits per heavy atom. The van der Waals surface area contributed by atoms with E-state index in [0.717, 1.165) is 29.8 Å². The lowest BCUT2D eigenvalue weighted by Crippen LogP contribution is -2.44. The van der Waals surface area contributed by atoms with Crippen molar-refractivity contribution >= 4 is 5.91 Å². The van der Waals surface area contributed by atoms with Gasteiger partial charge < -0.3 is 14.2 Å². The molecule has 4 rings (SSSR count). The summed E-state index contributed by atoms with van der Waals surface area (Å²) in [6.07, 6.45) is 4.33. The summed E-state index contributed by atoms with van der Waals surface area (Å²) in [6.45, 7) is 8.99. The highest BCUT2D eigenvalue weighted by Gasteiger charge is 2.30. The number of hydrogen-bond acceptors (Lipinski definition) is 7. The van der Waals surface area contributed by atoms with E-state index in [-0.39, 0.29) is 11.8 Å². The molecule has 1 saturated heterocycles. The van der Waals surface area contributed by atoms with Crippen molar-refractivity contribution in [2.24, 2.45) is 0 Å². The van der Waals surface area contributed by atoms with E-state index in [1.54, 1.807) is 12.4 Å². The van der Waals surface area contributed by atoms with Gasteiger partial charge >= 0.3 is 0 Å². The number of piperidine rings is 1. The molecule has 8 nitrogen and oxygen atoms in total.